The molecular formula is C13H12N2O. The van der Waals surface area contributed by atoms with Crippen molar-refractivity contribution in [2.24, 2.45) is 0 Å². The van der Waals surface area contributed by atoms with Crippen molar-refractivity contribution in [2.75, 3.05) is 0 Å². The molecule has 0 fully saturated rings. The summed E-state index contributed by atoms with van der Waals surface area (Å²) in [6.45, 7) is 0.524. The predicted molar refractivity (Wildman–Crippen MR) is 61.8 cm³/mol. The summed E-state index contributed by atoms with van der Waals surface area (Å²) in [5, 5.41) is 2.85. The Morgan fingerprint density at radius 2 is 1.75 bits per heavy atom. The zero-order valence-electron chi connectivity index (χ0n) is 8.76. The molecule has 0 saturated carbocycles. The minimum atomic E-state index is -0.0580. The zero-order chi connectivity index (χ0) is 11.2. The second kappa shape index (κ2) is 5.07. The van der Waals surface area contributed by atoms with Crippen LogP contribution in [0.15, 0.2) is 54.9 Å². The van der Waals surface area contributed by atoms with Gasteiger partial charge in [-0.25, -0.2) is 0 Å². The van der Waals surface area contributed by atoms with Crippen molar-refractivity contribution in [1.82, 2.24) is 10.3 Å². The molecule has 0 unspecified atom stereocenters. The van der Waals surface area contributed by atoms with Gasteiger partial charge in [-0.2, -0.15) is 0 Å². The Bertz CT molecular complexity index is 454. The van der Waals surface area contributed by atoms with Crippen LogP contribution in [0.3, 0.4) is 0 Å². The molecule has 1 amide bonds. The summed E-state index contributed by atoms with van der Waals surface area (Å²) in [6, 6.07) is 12.9. The van der Waals surface area contributed by atoms with Gasteiger partial charge in [0.2, 0.25) is 0 Å². The summed E-state index contributed by atoms with van der Waals surface area (Å²) in [5.41, 5.74) is 1.72. The fourth-order valence-corrected chi connectivity index (χ4v) is 1.37. The van der Waals surface area contributed by atoms with E-state index in [4.69, 9.17) is 0 Å². The fraction of sp³-hybridized carbons (Fsp3) is 0.0769. The number of nitrogens with one attached hydrogen (secondary N) is 1. The van der Waals surface area contributed by atoms with Gasteiger partial charge in [0.05, 0.1) is 0 Å². The van der Waals surface area contributed by atoms with Crippen LogP contribution in [-0.2, 0) is 6.54 Å². The lowest BCUT2D eigenvalue weighted by Crippen LogP contribution is -2.22. The average Bonchev–Trinajstić information content (AvgIpc) is 2.38. The van der Waals surface area contributed by atoms with Crippen LogP contribution in [0.1, 0.15) is 15.9 Å². The third-order valence-corrected chi connectivity index (χ3v) is 2.24. The minimum Gasteiger partial charge on any atom is -0.348 e. The van der Waals surface area contributed by atoms with Crippen LogP contribution in [0.2, 0.25) is 0 Å². The molecule has 1 aromatic heterocycles. The molecule has 3 heteroatoms. The van der Waals surface area contributed by atoms with E-state index in [1.807, 2.05) is 30.3 Å². The highest BCUT2D eigenvalue weighted by atomic mass is 16.1. The molecule has 0 aliphatic heterocycles. The molecule has 0 atom stereocenters. The molecule has 0 aliphatic rings. The van der Waals surface area contributed by atoms with Crippen LogP contribution in [0, 0.1) is 0 Å². The summed E-state index contributed by atoms with van der Waals surface area (Å²) in [7, 11) is 0. The van der Waals surface area contributed by atoms with Crippen molar-refractivity contribution in [2.45, 2.75) is 6.54 Å². The summed E-state index contributed by atoms with van der Waals surface area (Å²) >= 11 is 0. The highest BCUT2D eigenvalue weighted by Crippen LogP contribution is 2.00. The second-order valence-electron chi connectivity index (χ2n) is 3.40. The number of carbonyl (C=O) groups is 1. The van der Waals surface area contributed by atoms with E-state index >= 15 is 0 Å². The highest BCUT2D eigenvalue weighted by molar-refractivity contribution is 5.94. The summed E-state index contributed by atoms with van der Waals surface area (Å²) in [6.07, 6.45) is 3.42. The Balaban J connectivity index is 1.95. The van der Waals surface area contributed by atoms with Crippen LogP contribution >= 0.6 is 0 Å². The van der Waals surface area contributed by atoms with Crippen LogP contribution in [-0.4, -0.2) is 10.9 Å². The van der Waals surface area contributed by atoms with Gasteiger partial charge < -0.3 is 5.32 Å². The number of carbonyl (C=O) groups excluding carboxylic acids is 1. The summed E-state index contributed by atoms with van der Waals surface area (Å²) in [5.74, 6) is -0.0580. The van der Waals surface area contributed by atoms with E-state index in [0.717, 1.165) is 5.56 Å². The van der Waals surface area contributed by atoms with Gasteiger partial charge in [0, 0.05) is 24.5 Å². The summed E-state index contributed by atoms with van der Waals surface area (Å²) < 4.78 is 0. The third kappa shape index (κ3) is 2.67. The lowest BCUT2D eigenvalue weighted by atomic mass is 10.2. The maximum atomic E-state index is 11.7. The number of nitrogens with zero attached hydrogens (tertiary/aromatic N) is 1. The van der Waals surface area contributed by atoms with Gasteiger partial charge in [-0.15, -0.1) is 0 Å². The largest absolute Gasteiger partial charge is 0.348 e. The number of hydrogen-bond donors (Lipinski definition) is 1. The Morgan fingerprint density at radius 1 is 1.06 bits per heavy atom. The number of aromatic nitrogens is 1. The van der Waals surface area contributed by atoms with Gasteiger partial charge in [-0.3, -0.25) is 9.78 Å². The van der Waals surface area contributed by atoms with E-state index in [2.05, 4.69) is 10.3 Å². The van der Waals surface area contributed by atoms with Crippen molar-refractivity contribution >= 4 is 5.91 Å². The molecule has 16 heavy (non-hydrogen) atoms. The number of pyridine rings is 1. The van der Waals surface area contributed by atoms with Gasteiger partial charge in [-0.1, -0.05) is 18.2 Å². The quantitative estimate of drug-likeness (QED) is 0.845. The van der Waals surface area contributed by atoms with E-state index in [9.17, 15) is 4.79 Å². The fourth-order valence-electron chi connectivity index (χ4n) is 1.37. The number of hydrogen-bond acceptors (Lipinski definition) is 2. The molecule has 0 bridgehead atoms. The van der Waals surface area contributed by atoms with Crippen molar-refractivity contribution < 1.29 is 4.79 Å². The van der Waals surface area contributed by atoms with Crippen LogP contribution < -0.4 is 5.32 Å². The molecule has 2 aromatic rings. The predicted octanol–water partition coefficient (Wildman–Crippen LogP) is 2.01. The highest BCUT2D eigenvalue weighted by Gasteiger charge is 2.02. The van der Waals surface area contributed by atoms with E-state index in [1.54, 1.807) is 24.5 Å². The smallest absolute Gasteiger partial charge is 0.251 e. The minimum absolute atomic E-state index is 0.0580. The standard InChI is InChI=1S/C13H12N2O/c16-13(12-4-2-1-3-5-12)15-10-11-6-8-14-9-7-11/h1-9H,10H2,(H,15,16). The molecule has 1 aromatic carbocycles. The van der Waals surface area contributed by atoms with E-state index in [-0.39, 0.29) is 5.91 Å². The lowest BCUT2D eigenvalue weighted by Gasteiger charge is -2.04. The first kappa shape index (κ1) is 10.4. The van der Waals surface area contributed by atoms with Crippen LogP contribution in [0.5, 0.6) is 0 Å². The number of benzene rings is 1. The van der Waals surface area contributed by atoms with E-state index in [1.165, 1.54) is 0 Å². The topological polar surface area (TPSA) is 42.0 Å². The lowest BCUT2D eigenvalue weighted by molar-refractivity contribution is 0.0951. The van der Waals surface area contributed by atoms with Gasteiger partial charge in [-0.05, 0) is 29.8 Å². The van der Waals surface area contributed by atoms with Crippen molar-refractivity contribution in [3.05, 3.63) is 66.0 Å². The monoisotopic (exact) mass is 212 g/mol. The van der Waals surface area contributed by atoms with Gasteiger partial charge in [0.15, 0.2) is 0 Å². The molecule has 0 spiro atoms. The SMILES string of the molecule is O=C(NCc1ccncc1)c1ccccc1. The molecule has 1 N–H and O–H groups in total. The number of rotatable bonds is 3. The zero-order valence-corrected chi connectivity index (χ0v) is 8.76. The van der Waals surface area contributed by atoms with Crippen molar-refractivity contribution in [3.8, 4) is 0 Å². The average molecular weight is 212 g/mol. The number of amides is 1. The first-order valence-electron chi connectivity index (χ1n) is 5.08. The first-order chi connectivity index (χ1) is 7.86. The van der Waals surface area contributed by atoms with Crippen LogP contribution in [0.4, 0.5) is 0 Å². The normalized spacial score (nSPS) is 9.75. The van der Waals surface area contributed by atoms with E-state index in [0.29, 0.717) is 12.1 Å². The molecular weight excluding hydrogens is 200 g/mol. The maximum Gasteiger partial charge on any atom is 0.251 e. The second-order valence-corrected chi connectivity index (χ2v) is 3.40. The van der Waals surface area contributed by atoms with Gasteiger partial charge in [0.1, 0.15) is 0 Å². The molecule has 3 nitrogen and oxygen atoms in total. The van der Waals surface area contributed by atoms with E-state index < -0.39 is 0 Å². The molecule has 80 valence electrons. The molecule has 0 saturated heterocycles. The molecule has 0 radical (unpaired) electrons. The van der Waals surface area contributed by atoms with Gasteiger partial charge in [0.25, 0.3) is 5.91 Å². The van der Waals surface area contributed by atoms with Crippen molar-refractivity contribution in [3.63, 3.8) is 0 Å². The third-order valence-electron chi connectivity index (χ3n) is 2.24. The van der Waals surface area contributed by atoms with Crippen molar-refractivity contribution in [1.29, 1.82) is 0 Å². The molecule has 0 aliphatic carbocycles. The maximum absolute atomic E-state index is 11.7. The van der Waals surface area contributed by atoms with Gasteiger partial charge >= 0.3 is 0 Å². The first-order valence-corrected chi connectivity index (χ1v) is 5.08. The van der Waals surface area contributed by atoms with Crippen LogP contribution in [0.25, 0.3) is 0 Å². The molecule has 2 rings (SSSR count). The Kier molecular flexibility index (Phi) is 3.28. The molecule has 1 heterocycles. The Labute approximate surface area is 94.1 Å². The summed E-state index contributed by atoms with van der Waals surface area (Å²) in [4.78, 5) is 15.6. The Hall–Kier alpha value is -2.16. The Morgan fingerprint density at radius 3 is 2.44 bits per heavy atom.